The molecule has 1 aromatic rings. The number of hydrogen-bond donors (Lipinski definition) is 1. The molecule has 16 heavy (non-hydrogen) atoms. The predicted molar refractivity (Wildman–Crippen MR) is 72.4 cm³/mol. The van der Waals surface area contributed by atoms with Crippen LogP contribution in [0.2, 0.25) is 0 Å². The summed E-state index contributed by atoms with van der Waals surface area (Å²) in [5.74, 6) is 1.16. The first-order valence-electron chi connectivity index (χ1n) is 5.49. The summed E-state index contributed by atoms with van der Waals surface area (Å²) in [6.07, 6.45) is 4.00. The minimum absolute atomic E-state index is 0.200. The molecule has 0 saturated carbocycles. The molecule has 5 heteroatoms. The van der Waals surface area contributed by atoms with Gasteiger partial charge in [-0.3, -0.25) is 4.99 Å². The lowest BCUT2D eigenvalue weighted by Gasteiger charge is -2.32. The highest BCUT2D eigenvalue weighted by Crippen LogP contribution is 2.21. The molecule has 1 fully saturated rings. The van der Waals surface area contributed by atoms with E-state index in [-0.39, 0.29) is 5.54 Å². The van der Waals surface area contributed by atoms with E-state index in [1.807, 2.05) is 23.3 Å². The van der Waals surface area contributed by atoms with E-state index >= 15 is 0 Å². The molecule has 1 N–H and O–H groups in total. The minimum atomic E-state index is 0.200. The van der Waals surface area contributed by atoms with Crippen LogP contribution in [0.25, 0.3) is 0 Å². The number of rotatable bonds is 3. The van der Waals surface area contributed by atoms with E-state index in [1.54, 1.807) is 11.3 Å². The van der Waals surface area contributed by atoms with Gasteiger partial charge in [0.25, 0.3) is 0 Å². The molecule has 0 amide bonds. The number of thioether (sulfide) groups is 1. The highest BCUT2D eigenvalue weighted by Gasteiger charge is 2.23. The van der Waals surface area contributed by atoms with Crippen molar-refractivity contribution in [3.8, 4) is 0 Å². The van der Waals surface area contributed by atoms with Gasteiger partial charge in [0.1, 0.15) is 0 Å². The number of amidine groups is 1. The first-order valence-corrected chi connectivity index (χ1v) is 7.36. The Kier molecular flexibility index (Phi) is 3.86. The number of hydrogen-bond acceptors (Lipinski definition) is 4. The Morgan fingerprint density at radius 3 is 3.12 bits per heavy atom. The van der Waals surface area contributed by atoms with Crippen LogP contribution in [0, 0.1) is 0 Å². The van der Waals surface area contributed by atoms with Crippen molar-refractivity contribution in [1.29, 1.82) is 0 Å². The first kappa shape index (κ1) is 11.9. The van der Waals surface area contributed by atoms with Crippen LogP contribution in [0.5, 0.6) is 0 Å². The Morgan fingerprint density at radius 2 is 2.44 bits per heavy atom. The molecule has 0 unspecified atom stereocenters. The van der Waals surface area contributed by atoms with E-state index in [1.165, 1.54) is 11.4 Å². The second kappa shape index (κ2) is 5.19. The van der Waals surface area contributed by atoms with Crippen LogP contribution in [0.15, 0.2) is 16.6 Å². The van der Waals surface area contributed by atoms with Gasteiger partial charge in [-0.25, -0.2) is 4.98 Å². The summed E-state index contributed by atoms with van der Waals surface area (Å²) in [5, 5.41) is 7.74. The van der Waals surface area contributed by atoms with E-state index in [2.05, 4.69) is 29.1 Å². The highest BCUT2D eigenvalue weighted by molar-refractivity contribution is 8.13. The van der Waals surface area contributed by atoms with Crippen molar-refractivity contribution in [3.05, 3.63) is 16.6 Å². The van der Waals surface area contributed by atoms with Crippen molar-refractivity contribution in [2.45, 2.75) is 32.2 Å². The second-order valence-corrected chi connectivity index (χ2v) is 6.53. The topological polar surface area (TPSA) is 37.3 Å². The third kappa shape index (κ3) is 3.49. The molecule has 0 bridgehead atoms. The second-order valence-electron chi connectivity index (χ2n) is 4.47. The Hall–Kier alpha value is -0.550. The molecule has 1 aliphatic heterocycles. The fourth-order valence-electron chi connectivity index (χ4n) is 1.51. The third-order valence-corrected chi connectivity index (χ3v) is 4.23. The third-order valence-electron chi connectivity index (χ3n) is 2.48. The van der Waals surface area contributed by atoms with Crippen LogP contribution in [0.1, 0.15) is 25.3 Å². The number of nitrogens with one attached hydrogen (secondary N) is 1. The molecule has 1 saturated heterocycles. The van der Waals surface area contributed by atoms with Crippen LogP contribution in [-0.4, -0.2) is 28.0 Å². The zero-order chi connectivity index (χ0) is 11.4. The van der Waals surface area contributed by atoms with Gasteiger partial charge in [0.2, 0.25) is 0 Å². The lowest BCUT2D eigenvalue weighted by molar-refractivity contribution is 0.446. The SMILES string of the molecule is CC1(C)CCSC(=NCCc2nccs2)N1. The molecule has 0 atom stereocenters. The zero-order valence-electron chi connectivity index (χ0n) is 9.69. The molecule has 1 aromatic heterocycles. The first-order chi connectivity index (χ1) is 7.66. The summed E-state index contributed by atoms with van der Waals surface area (Å²) >= 11 is 3.53. The fourth-order valence-corrected chi connectivity index (χ4v) is 3.45. The molecule has 0 aliphatic carbocycles. The van der Waals surface area contributed by atoms with Crippen molar-refractivity contribution in [2.75, 3.05) is 12.3 Å². The molecule has 0 aromatic carbocycles. The van der Waals surface area contributed by atoms with Gasteiger partial charge in [0.05, 0.1) is 5.01 Å². The van der Waals surface area contributed by atoms with Crippen LogP contribution in [0.3, 0.4) is 0 Å². The largest absolute Gasteiger partial charge is 0.360 e. The average Bonchev–Trinajstić information content (AvgIpc) is 2.69. The Morgan fingerprint density at radius 1 is 1.56 bits per heavy atom. The standard InChI is InChI=1S/C11H17N3S2/c1-11(2)4-7-16-10(14-11)13-5-3-9-12-6-8-15-9/h6,8H,3-5,7H2,1-2H3,(H,13,14). The molecular formula is C11H17N3S2. The minimum Gasteiger partial charge on any atom is -0.360 e. The summed E-state index contributed by atoms with van der Waals surface area (Å²) in [4.78, 5) is 8.84. The molecule has 88 valence electrons. The van der Waals surface area contributed by atoms with Crippen LogP contribution >= 0.6 is 23.1 Å². The van der Waals surface area contributed by atoms with Crippen molar-refractivity contribution >= 4 is 28.3 Å². The lowest BCUT2D eigenvalue weighted by atomic mass is 10.0. The predicted octanol–water partition coefficient (Wildman–Crippen LogP) is 2.55. The van der Waals surface area contributed by atoms with Gasteiger partial charge in [-0.15, -0.1) is 11.3 Å². The molecular weight excluding hydrogens is 238 g/mol. The maximum Gasteiger partial charge on any atom is 0.156 e. The average molecular weight is 255 g/mol. The summed E-state index contributed by atoms with van der Waals surface area (Å²) in [7, 11) is 0. The van der Waals surface area contributed by atoms with E-state index in [9.17, 15) is 0 Å². The maximum absolute atomic E-state index is 4.59. The monoisotopic (exact) mass is 255 g/mol. The van der Waals surface area contributed by atoms with Crippen molar-refractivity contribution in [3.63, 3.8) is 0 Å². The van der Waals surface area contributed by atoms with Crippen LogP contribution in [0.4, 0.5) is 0 Å². The fraction of sp³-hybridized carbons (Fsp3) is 0.636. The highest BCUT2D eigenvalue weighted by atomic mass is 32.2. The molecule has 0 radical (unpaired) electrons. The van der Waals surface area contributed by atoms with E-state index in [4.69, 9.17) is 0 Å². The summed E-state index contributed by atoms with van der Waals surface area (Å²) in [6, 6.07) is 0. The van der Waals surface area contributed by atoms with Gasteiger partial charge in [0.15, 0.2) is 5.17 Å². The van der Waals surface area contributed by atoms with Gasteiger partial charge in [-0.05, 0) is 20.3 Å². The number of nitrogens with zero attached hydrogens (tertiary/aromatic N) is 2. The Labute approximate surface area is 105 Å². The Balaban J connectivity index is 1.83. The van der Waals surface area contributed by atoms with Crippen LogP contribution < -0.4 is 5.32 Å². The maximum atomic E-state index is 4.59. The summed E-state index contributed by atoms with van der Waals surface area (Å²) in [5.41, 5.74) is 0.200. The number of aromatic nitrogens is 1. The van der Waals surface area contributed by atoms with E-state index in [0.29, 0.717) is 0 Å². The quantitative estimate of drug-likeness (QED) is 0.902. The van der Waals surface area contributed by atoms with Gasteiger partial charge in [-0.2, -0.15) is 0 Å². The molecule has 1 aliphatic rings. The van der Waals surface area contributed by atoms with Crippen molar-refractivity contribution in [1.82, 2.24) is 10.3 Å². The smallest absolute Gasteiger partial charge is 0.156 e. The lowest BCUT2D eigenvalue weighted by Crippen LogP contribution is -2.46. The van der Waals surface area contributed by atoms with Gasteiger partial charge < -0.3 is 5.32 Å². The summed E-state index contributed by atoms with van der Waals surface area (Å²) < 4.78 is 0. The zero-order valence-corrected chi connectivity index (χ0v) is 11.3. The summed E-state index contributed by atoms with van der Waals surface area (Å²) in [6.45, 7) is 5.28. The number of thiazole rings is 1. The molecule has 0 spiro atoms. The Bertz CT molecular complexity index is 357. The van der Waals surface area contributed by atoms with Crippen molar-refractivity contribution in [2.24, 2.45) is 4.99 Å². The molecule has 3 nitrogen and oxygen atoms in total. The van der Waals surface area contributed by atoms with Crippen LogP contribution in [-0.2, 0) is 6.42 Å². The van der Waals surface area contributed by atoms with Gasteiger partial charge in [-0.1, -0.05) is 11.8 Å². The van der Waals surface area contributed by atoms with Gasteiger partial charge >= 0.3 is 0 Å². The number of aliphatic imine (C=N–C) groups is 1. The van der Waals surface area contributed by atoms with E-state index < -0.39 is 0 Å². The molecule has 2 heterocycles. The molecule has 2 rings (SSSR count). The van der Waals surface area contributed by atoms with E-state index in [0.717, 1.165) is 23.9 Å². The van der Waals surface area contributed by atoms with Gasteiger partial charge in [0, 0.05) is 35.8 Å². The normalized spacial score (nSPS) is 22.0. The van der Waals surface area contributed by atoms with Crippen molar-refractivity contribution < 1.29 is 0 Å².